The first-order valence-electron chi connectivity index (χ1n) is 7.33. The number of hydrogen-bond donors (Lipinski definition) is 0. The maximum absolute atomic E-state index is 6.12. The van der Waals surface area contributed by atoms with Crippen LogP contribution in [0.4, 0.5) is 0 Å². The molecule has 3 heteroatoms. The summed E-state index contributed by atoms with van der Waals surface area (Å²) in [5, 5.41) is 0. The van der Waals surface area contributed by atoms with Crippen LogP contribution in [0.25, 0.3) is 0 Å². The molecule has 0 fully saturated rings. The third kappa shape index (κ3) is 5.02. The van der Waals surface area contributed by atoms with E-state index in [1.54, 1.807) is 0 Å². The average Bonchev–Trinajstić information content (AvgIpc) is 2.45. The quantitative estimate of drug-likeness (QED) is 0.564. The highest BCUT2D eigenvalue weighted by Gasteiger charge is 2.28. The highest BCUT2D eigenvalue weighted by molar-refractivity contribution is 8.14. The van der Waals surface area contributed by atoms with E-state index in [1.165, 1.54) is 43.6 Å². The minimum atomic E-state index is -1.47. The zero-order valence-electron chi connectivity index (χ0n) is 12.5. The van der Waals surface area contributed by atoms with Gasteiger partial charge in [-0.05, 0) is 36.8 Å². The molecule has 0 saturated heterocycles. The summed E-state index contributed by atoms with van der Waals surface area (Å²) in [7, 11) is 1.82. The van der Waals surface area contributed by atoms with Crippen LogP contribution in [0.1, 0.15) is 50.9 Å². The largest absolute Gasteiger partial charge is 0.371 e. The first-order valence-corrected chi connectivity index (χ1v) is 10.6. The number of unbranched alkanes of at least 4 members (excludes halogenated alkanes) is 2. The van der Waals surface area contributed by atoms with Crippen molar-refractivity contribution in [3.05, 3.63) is 35.9 Å². The van der Waals surface area contributed by atoms with Crippen molar-refractivity contribution in [1.29, 1.82) is 0 Å². The first-order chi connectivity index (χ1) is 9.18. The van der Waals surface area contributed by atoms with Crippen LogP contribution in [0, 0.1) is 0 Å². The second-order valence-electron chi connectivity index (χ2n) is 5.11. The lowest BCUT2D eigenvalue weighted by molar-refractivity contribution is 0.170. The summed E-state index contributed by atoms with van der Waals surface area (Å²) < 4.78 is 5.84. The van der Waals surface area contributed by atoms with E-state index in [0.29, 0.717) is 0 Å². The van der Waals surface area contributed by atoms with Crippen molar-refractivity contribution in [2.45, 2.75) is 45.4 Å². The van der Waals surface area contributed by atoms with Gasteiger partial charge >= 0.3 is 0 Å². The summed E-state index contributed by atoms with van der Waals surface area (Å²) in [6.07, 6.45) is 7.24. The van der Waals surface area contributed by atoms with E-state index in [9.17, 15) is 0 Å². The fourth-order valence-corrected chi connectivity index (χ4v) is 7.31. The molecular formula is C16H27OPS. The van der Waals surface area contributed by atoms with Crippen LogP contribution >= 0.6 is 6.04 Å². The van der Waals surface area contributed by atoms with E-state index in [-0.39, 0.29) is 5.85 Å². The van der Waals surface area contributed by atoms with Crippen LogP contribution in [0.3, 0.4) is 0 Å². The smallest absolute Gasteiger partial charge is 0.110 e. The van der Waals surface area contributed by atoms with Crippen LogP contribution in [-0.4, -0.2) is 19.4 Å². The molecule has 0 aliphatic carbocycles. The van der Waals surface area contributed by atoms with Gasteiger partial charge in [-0.25, -0.2) is 0 Å². The molecule has 1 rings (SSSR count). The standard InChI is InChI=1S/C16H27OPS/c1-4-6-13-18(19,14-7-5-2)16(17-3)15-11-9-8-10-12-15/h8-12,16H,4-7,13-14H2,1-3H3/t16-/m0/s1. The molecule has 19 heavy (non-hydrogen) atoms. The lowest BCUT2D eigenvalue weighted by atomic mass is 10.2. The van der Waals surface area contributed by atoms with Gasteiger partial charge in [0.15, 0.2) is 0 Å². The topological polar surface area (TPSA) is 9.23 Å². The molecule has 1 aromatic carbocycles. The highest BCUT2D eigenvalue weighted by atomic mass is 32.4. The van der Waals surface area contributed by atoms with Gasteiger partial charge in [0.1, 0.15) is 5.85 Å². The number of methoxy groups -OCH3 is 1. The molecule has 108 valence electrons. The summed E-state index contributed by atoms with van der Waals surface area (Å²) in [4.78, 5) is 0. The zero-order valence-corrected chi connectivity index (χ0v) is 14.2. The molecule has 0 N–H and O–H groups in total. The summed E-state index contributed by atoms with van der Waals surface area (Å²) in [6.45, 7) is 4.48. The van der Waals surface area contributed by atoms with Crippen molar-refractivity contribution in [2.75, 3.05) is 19.4 Å². The second kappa shape index (κ2) is 8.89. The monoisotopic (exact) mass is 298 g/mol. The molecular weight excluding hydrogens is 271 g/mol. The molecule has 0 aliphatic heterocycles. The molecule has 1 atom stereocenters. The molecule has 0 bridgehead atoms. The maximum atomic E-state index is 6.12. The zero-order chi connectivity index (χ0) is 14.1. The van der Waals surface area contributed by atoms with Crippen LogP contribution in [0.15, 0.2) is 30.3 Å². The lowest BCUT2D eigenvalue weighted by Crippen LogP contribution is -2.09. The van der Waals surface area contributed by atoms with E-state index in [2.05, 4.69) is 44.2 Å². The van der Waals surface area contributed by atoms with Gasteiger partial charge in [0.2, 0.25) is 0 Å². The number of ether oxygens (including phenoxy) is 1. The molecule has 1 aromatic rings. The van der Waals surface area contributed by atoms with Crippen LogP contribution in [0.2, 0.25) is 0 Å². The molecule has 0 aliphatic rings. The minimum Gasteiger partial charge on any atom is -0.371 e. The van der Waals surface area contributed by atoms with E-state index in [0.717, 1.165) is 0 Å². The van der Waals surface area contributed by atoms with Crippen LogP contribution in [-0.2, 0) is 16.5 Å². The Labute approximate surface area is 123 Å². The van der Waals surface area contributed by atoms with E-state index in [1.807, 2.05) is 7.11 Å². The number of benzene rings is 1. The van der Waals surface area contributed by atoms with Crippen molar-refractivity contribution in [3.8, 4) is 0 Å². The van der Waals surface area contributed by atoms with E-state index < -0.39 is 6.04 Å². The number of hydrogen-bond acceptors (Lipinski definition) is 2. The Bertz CT molecular complexity index is 379. The molecule has 0 radical (unpaired) electrons. The Balaban J connectivity index is 2.95. The van der Waals surface area contributed by atoms with Gasteiger partial charge in [0, 0.05) is 7.11 Å². The van der Waals surface area contributed by atoms with Gasteiger partial charge in [-0.1, -0.05) is 68.8 Å². The van der Waals surface area contributed by atoms with Gasteiger partial charge in [0.25, 0.3) is 0 Å². The predicted molar refractivity (Wildman–Crippen MR) is 90.0 cm³/mol. The Morgan fingerprint density at radius 2 is 1.58 bits per heavy atom. The van der Waals surface area contributed by atoms with Crippen LogP contribution in [0.5, 0.6) is 0 Å². The van der Waals surface area contributed by atoms with Gasteiger partial charge in [-0.3, -0.25) is 0 Å². The molecule has 0 saturated carbocycles. The Hall–Kier alpha value is -0.170. The second-order valence-corrected chi connectivity index (χ2v) is 10.6. The summed E-state index contributed by atoms with van der Waals surface area (Å²) >= 11 is 6.12. The summed E-state index contributed by atoms with van der Waals surface area (Å²) in [5.41, 5.74) is 1.26. The normalized spacial score (nSPS) is 13.4. The average molecular weight is 298 g/mol. The Kier molecular flexibility index (Phi) is 7.90. The Morgan fingerprint density at radius 3 is 2.00 bits per heavy atom. The third-order valence-electron chi connectivity index (χ3n) is 3.52. The van der Waals surface area contributed by atoms with Gasteiger partial charge in [-0.2, -0.15) is 0 Å². The number of rotatable bonds is 9. The maximum Gasteiger partial charge on any atom is 0.110 e. The summed E-state index contributed by atoms with van der Waals surface area (Å²) in [6, 6.07) is 9.07. The Morgan fingerprint density at radius 1 is 1.05 bits per heavy atom. The van der Waals surface area contributed by atoms with Crippen molar-refractivity contribution in [2.24, 2.45) is 0 Å². The molecule has 0 unspecified atom stereocenters. The highest BCUT2D eigenvalue weighted by Crippen LogP contribution is 2.60. The van der Waals surface area contributed by atoms with Crippen molar-refractivity contribution in [1.82, 2.24) is 0 Å². The van der Waals surface area contributed by atoms with Crippen molar-refractivity contribution >= 4 is 17.8 Å². The predicted octanol–water partition coefficient (Wildman–Crippen LogP) is 5.41. The molecule has 0 aromatic heterocycles. The van der Waals surface area contributed by atoms with Gasteiger partial charge in [0.05, 0.1) is 0 Å². The van der Waals surface area contributed by atoms with E-state index in [4.69, 9.17) is 16.5 Å². The van der Waals surface area contributed by atoms with Crippen molar-refractivity contribution in [3.63, 3.8) is 0 Å². The third-order valence-corrected chi connectivity index (χ3v) is 8.70. The SMILES string of the molecule is CCCCP(=S)(CCCC)[C@H](OC)c1ccccc1. The molecule has 0 heterocycles. The first kappa shape index (κ1) is 16.9. The summed E-state index contributed by atoms with van der Waals surface area (Å²) in [5.74, 6) is 0.141. The lowest BCUT2D eigenvalue weighted by Gasteiger charge is -2.31. The molecule has 1 nitrogen and oxygen atoms in total. The minimum absolute atomic E-state index is 0.141. The van der Waals surface area contributed by atoms with Crippen LogP contribution < -0.4 is 0 Å². The van der Waals surface area contributed by atoms with Gasteiger partial charge in [-0.15, -0.1) is 0 Å². The van der Waals surface area contributed by atoms with Crippen molar-refractivity contribution < 1.29 is 4.74 Å². The fraction of sp³-hybridized carbons (Fsp3) is 0.625. The fourth-order valence-electron chi connectivity index (χ4n) is 2.42. The van der Waals surface area contributed by atoms with Gasteiger partial charge < -0.3 is 4.74 Å². The van der Waals surface area contributed by atoms with E-state index >= 15 is 0 Å². The molecule has 0 amide bonds. The molecule has 0 spiro atoms.